The van der Waals surface area contributed by atoms with E-state index >= 15 is 0 Å². The number of nitrogens with one attached hydrogen (secondary N) is 1. The number of hydrogen-bond acceptors (Lipinski definition) is 5. The minimum atomic E-state index is -1.00. The SMILES string of the molecule is C[C@@H](O)[C@H](Nc1ccccc1[N+](=O)[O-])C(=O)S. The van der Waals surface area contributed by atoms with Gasteiger partial charge in [-0.3, -0.25) is 14.9 Å². The lowest BCUT2D eigenvalue weighted by Gasteiger charge is -2.18. The first-order chi connectivity index (χ1) is 7.93. The molecular formula is C10H12N2O4S. The monoisotopic (exact) mass is 256 g/mol. The average molecular weight is 256 g/mol. The first kappa shape index (κ1) is 13.5. The molecule has 17 heavy (non-hydrogen) atoms. The number of benzene rings is 1. The Labute approximate surface area is 103 Å². The fraction of sp³-hybridized carbons (Fsp3) is 0.300. The Hall–Kier alpha value is -1.60. The molecule has 0 aromatic heterocycles. The zero-order valence-corrected chi connectivity index (χ0v) is 9.92. The van der Waals surface area contributed by atoms with Crippen LogP contribution in [0.2, 0.25) is 0 Å². The average Bonchev–Trinajstić information content (AvgIpc) is 2.25. The summed E-state index contributed by atoms with van der Waals surface area (Å²) >= 11 is 3.62. The third-order valence-electron chi connectivity index (χ3n) is 2.16. The van der Waals surface area contributed by atoms with Crippen LogP contribution < -0.4 is 5.32 Å². The van der Waals surface area contributed by atoms with Gasteiger partial charge in [-0.1, -0.05) is 12.1 Å². The van der Waals surface area contributed by atoms with Crippen molar-refractivity contribution in [3.63, 3.8) is 0 Å². The molecule has 92 valence electrons. The summed E-state index contributed by atoms with van der Waals surface area (Å²) in [5.41, 5.74) is 0.0125. The molecule has 0 amide bonds. The van der Waals surface area contributed by atoms with Gasteiger partial charge in [-0.25, -0.2) is 0 Å². The van der Waals surface area contributed by atoms with Crippen LogP contribution in [0.3, 0.4) is 0 Å². The first-order valence-electron chi connectivity index (χ1n) is 4.84. The van der Waals surface area contributed by atoms with E-state index in [4.69, 9.17) is 0 Å². The fourth-order valence-electron chi connectivity index (χ4n) is 1.31. The van der Waals surface area contributed by atoms with Crippen LogP contribution in [0.5, 0.6) is 0 Å². The maximum atomic E-state index is 11.1. The number of hydrogen-bond donors (Lipinski definition) is 3. The van der Waals surface area contributed by atoms with E-state index in [2.05, 4.69) is 17.9 Å². The predicted molar refractivity (Wildman–Crippen MR) is 66.2 cm³/mol. The fourth-order valence-corrected chi connectivity index (χ4v) is 1.59. The second-order valence-corrected chi connectivity index (χ2v) is 3.92. The van der Waals surface area contributed by atoms with E-state index in [9.17, 15) is 20.0 Å². The molecule has 0 heterocycles. The van der Waals surface area contributed by atoms with Crippen LogP contribution in [-0.4, -0.2) is 27.3 Å². The Morgan fingerprint density at radius 2 is 2.12 bits per heavy atom. The number of carbonyl (C=O) groups excluding carboxylic acids is 1. The van der Waals surface area contributed by atoms with E-state index in [1.165, 1.54) is 25.1 Å². The van der Waals surface area contributed by atoms with Gasteiger partial charge in [0.2, 0.25) is 5.12 Å². The highest BCUT2D eigenvalue weighted by atomic mass is 32.1. The molecule has 7 heteroatoms. The van der Waals surface area contributed by atoms with Crippen LogP contribution in [0.4, 0.5) is 11.4 Å². The van der Waals surface area contributed by atoms with Crippen LogP contribution in [0.25, 0.3) is 0 Å². The topological polar surface area (TPSA) is 92.5 Å². The van der Waals surface area contributed by atoms with Crippen LogP contribution in [0, 0.1) is 10.1 Å². The maximum absolute atomic E-state index is 11.1. The molecular weight excluding hydrogens is 244 g/mol. The van der Waals surface area contributed by atoms with Gasteiger partial charge in [-0.2, -0.15) is 0 Å². The second-order valence-electron chi connectivity index (χ2n) is 3.48. The molecule has 2 atom stereocenters. The van der Waals surface area contributed by atoms with Gasteiger partial charge in [0.15, 0.2) is 0 Å². The Morgan fingerprint density at radius 1 is 1.53 bits per heavy atom. The third kappa shape index (κ3) is 3.43. The number of nitrogens with zero attached hydrogens (tertiary/aromatic N) is 1. The molecule has 2 N–H and O–H groups in total. The number of para-hydroxylation sites is 2. The lowest BCUT2D eigenvalue weighted by molar-refractivity contribution is -0.384. The van der Waals surface area contributed by atoms with Crippen molar-refractivity contribution in [3.05, 3.63) is 34.4 Å². The summed E-state index contributed by atoms with van der Waals surface area (Å²) in [5, 5.41) is 22.1. The number of carbonyl (C=O) groups is 1. The van der Waals surface area contributed by atoms with E-state index in [1.807, 2.05) is 0 Å². The number of nitro benzene ring substituents is 1. The molecule has 0 saturated heterocycles. The van der Waals surface area contributed by atoms with Gasteiger partial charge >= 0.3 is 0 Å². The van der Waals surface area contributed by atoms with Crippen molar-refractivity contribution >= 4 is 29.1 Å². The van der Waals surface area contributed by atoms with Crippen LogP contribution >= 0.6 is 12.6 Å². The molecule has 0 radical (unpaired) electrons. The van der Waals surface area contributed by atoms with E-state index < -0.39 is 22.2 Å². The van der Waals surface area contributed by atoms with E-state index in [-0.39, 0.29) is 11.4 Å². The van der Waals surface area contributed by atoms with Gasteiger partial charge in [-0.05, 0) is 13.0 Å². The van der Waals surface area contributed by atoms with Crippen LogP contribution in [-0.2, 0) is 4.79 Å². The van der Waals surface area contributed by atoms with Crippen molar-refractivity contribution in [2.45, 2.75) is 19.1 Å². The number of aliphatic hydroxyl groups is 1. The minimum absolute atomic E-state index is 0.160. The second kappa shape index (κ2) is 5.65. The minimum Gasteiger partial charge on any atom is -0.391 e. The van der Waals surface area contributed by atoms with Crippen molar-refractivity contribution in [1.29, 1.82) is 0 Å². The van der Waals surface area contributed by atoms with E-state index in [1.54, 1.807) is 6.07 Å². The third-order valence-corrected chi connectivity index (χ3v) is 2.44. The molecule has 6 nitrogen and oxygen atoms in total. The van der Waals surface area contributed by atoms with Crippen molar-refractivity contribution < 1.29 is 14.8 Å². The zero-order valence-electron chi connectivity index (χ0n) is 9.03. The molecule has 1 aromatic carbocycles. The molecule has 1 rings (SSSR count). The zero-order chi connectivity index (χ0) is 13.0. The van der Waals surface area contributed by atoms with Crippen molar-refractivity contribution in [1.82, 2.24) is 0 Å². The lowest BCUT2D eigenvalue weighted by Crippen LogP contribution is -2.36. The highest BCUT2D eigenvalue weighted by Gasteiger charge is 2.23. The van der Waals surface area contributed by atoms with Crippen LogP contribution in [0.15, 0.2) is 24.3 Å². The maximum Gasteiger partial charge on any atom is 0.292 e. The molecule has 0 fully saturated rings. The van der Waals surface area contributed by atoms with Crippen molar-refractivity contribution in [2.24, 2.45) is 0 Å². The Bertz CT molecular complexity index is 436. The number of rotatable bonds is 5. The normalized spacial score (nSPS) is 13.8. The van der Waals surface area contributed by atoms with Crippen molar-refractivity contribution in [2.75, 3.05) is 5.32 Å². The number of aliphatic hydroxyl groups excluding tert-OH is 1. The molecule has 0 bridgehead atoms. The first-order valence-corrected chi connectivity index (χ1v) is 5.29. The summed E-state index contributed by atoms with van der Waals surface area (Å²) in [5.74, 6) is 0. The molecule has 0 aliphatic heterocycles. The smallest absolute Gasteiger partial charge is 0.292 e. The predicted octanol–water partition coefficient (Wildman–Crippen LogP) is 1.21. The van der Waals surface area contributed by atoms with Crippen LogP contribution in [0.1, 0.15) is 6.92 Å². The summed E-state index contributed by atoms with van der Waals surface area (Å²) in [6.07, 6.45) is -1.00. The van der Waals surface area contributed by atoms with Gasteiger partial charge in [-0.15, -0.1) is 12.6 Å². The highest BCUT2D eigenvalue weighted by molar-refractivity contribution is 7.96. The summed E-state index contributed by atoms with van der Waals surface area (Å²) in [6.45, 7) is 1.40. The lowest BCUT2D eigenvalue weighted by atomic mass is 10.1. The summed E-state index contributed by atoms with van der Waals surface area (Å²) in [4.78, 5) is 21.3. The number of nitro groups is 1. The molecule has 0 aliphatic rings. The molecule has 0 aliphatic carbocycles. The van der Waals surface area contributed by atoms with Crippen molar-refractivity contribution in [3.8, 4) is 0 Å². The molecule has 0 saturated carbocycles. The van der Waals surface area contributed by atoms with Gasteiger partial charge in [0.05, 0.1) is 11.0 Å². The van der Waals surface area contributed by atoms with Gasteiger partial charge < -0.3 is 10.4 Å². The number of anilines is 1. The van der Waals surface area contributed by atoms with E-state index in [0.717, 1.165) is 0 Å². The standard InChI is InChI=1S/C10H12N2O4S/c1-6(13)9(10(14)17)11-7-4-2-3-5-8(7)12(15)16/h2-6,9,11,13H,1H3,(H,14,17)/t6-,9+/m1/s1. The van der Waals surface area contributed by atoms with Gasteiger partial charge in [0.1, 0.15) is 11.7 Å². The summed E-state index contributed by atoms with van der Waals surface area (Å²) < 4.78 is 0. The Kier molecular flexibility index (Phi) is 4.47. The Balaban J connectivity index is 3.01. The number of thiol groups is 1. The van der Waals surface area contributed by atoms with Gasteiger partial charge in [0.25, 0.3) is 5.69 Å². The quantitative estimate of drug-likeness (QED) is 0.418. The molecule has 0 spiro atoms. The Morgan fingerprint density at radius 3 is 2.59 bits per heavy atom. The van der Waals surface area contributed by atoms with Gasteiger partial charge in [0, 0.05) is 6.07 Å². The highest BCUT2D eigenvalue weighted by Crippen LogP contribution is 2.24. The van der Waals surface area contributed by atoms with E-state index in [0.29, 0.717) is 0 Å². The largest absolute Gasteiger partial charge is 0.391 e. The summed E-state index contributed by atoms with van der Waals surface area (Å²) in [7, 11) is 0. The molecule has 0 unspecified atom stereocenters. The summed E-state index contributed by atoms with van der Waals surface area (Å²) in [6, 6.07) is 4.90. The molecule has 1 aromatic rings.